The van der Waals surface area contributed by atoms with Gasteiger partial charge in [0.05, 0.1) is 23.1 Å². The van der Waals surface area contributed by atoms with Gasteiger partial charge in [-0.25, -0.2) is 0 Å². The summed E-state index contributed by atoms with van der Waals surface area (Å²) in [5.41, 5.74) is 2.28. The van der Waals surface area contributed by atoms with Crippen molar-refractivity contribution >= 4 is 28.6 Å². The minimum Gasteiger partial charge on any atom is -0.481 e. The van der Waals surface area contributed by atoms with Gasteiger partial charge in [-0.05, 0) is 36.4 Å². The number of aromatic amines is 2. The molecule has 0 saturated heterocycles. The SMILES string of the molecule is N#Cc1ccc2[nH]c(-c3ccc(-c4nnc(SCC(=O)O)[nH]4)o3)cc2c1. The summed E-state index contributed by atoms with van der Waals surface area (Å²) in [6.07, 6.45) is 0. The van der Waals surface area contributed by atoms with E-state index in [1.165, 1.54) is 0 Å². The average molecular weight is 365 g/mol. The van der Waals surface area contributed by atoms with Gasteiger partial charge in [-0.2, -0.15) is 5.26 Å². The van der Waals surface area contributed by atoms with Crippen molar-refractivity contribution in [3.05, 3.63) is 42.0 Å². The molecule has 26 heavy (non-hydrogen) atoms. The van der Waals surface area contributed by atoms with Crippen molar-refractivity contribution in [3.63, 3.8) is 0 Å². The summed E-state index contributed by atoms with van der Waals surface area (Å²) in [6, 6.07) is 13.0. The Bertz CT molecular complexity index is 1150. The van der Waals surface area contributed by atoms with Gasteiger partial charge in [0, 0.05) is 10.9 Å². The van der Waals surface area contributed by atoms with Gasteiger partial charge in [0.1, 0.15) is 0 Å². The molecule has 0 saturated carbocycles. The minimum atomic E-state index is -0.924. The molecule has 4 rings (SSSR count). The Morgan fingerprint density at radius 1 is 1.19 bits per heavy atom. The van der Waals surface area contributed by atoms with E-state index in [0.717, 1.165) is 28.4 Å². The topological polar surface area (TPSA) is 132 Å². The predicted molar refractivity (Wildman–Crippen MR) is 94.5 cm³/mol. The molecule has 3 aromatic heterocycles. The molecular formula is C17H11N5O3S. The Kier molecular flexibility index (Phi) is 3.95. The summed E-state index contributed by atoms with van der Waals surface area (Å²) in [7, 11) is 0. The van der Waals surface area contributed by atoms with Crippen molar-refractivity contribution in [2.24, 2.45) is 0 Å². The number of nitrogens with zero attached hydrogens (tertiary/aromatic N) is 3. The highest BCUT2D eigenvalue weighted by Gasteiger charge is 2.13. The van der Waals surface area contributed by atoms with Crippen LogP contribution in [0.5, 0.6) is 0 Å². The molecule has 0 radical (unpaired) electrons. The standard InChI is InChI=1S/C17H11N5O3S/c18-7-9-1-2-11-10(5-9)6-12(19-11)13-3-4-14(25-13)16-20-17(22-21-16)26-8-15(23)24/h1-6,19H,8H2,(H,23,24)(H,20,21,22). The maximum absolute atomic E-state index is 10.6. The second kappa shape index (κ2) is 6.42. The summed E-state index contributed by atoms with van der Waals surface area (Å²) in [4.78, 5) is 16.8. The van der Waals surface area contributed by atoms with E-state index in [2.05, 4.69) is 26.2 Å². The van der Waals surface area contributed by atoms with Crippen LogP contribution in [-0.2, 0) is 4.79 Å². The van der Waals surface area contributed by atoms with Crippen LogP contribution >= 0.6 is 11.8 Å². The lowest BCUT2D eigenvalue weighted by Gasteiger charge is -1.92. The summed E-state index contributed by atoms with van der Waals surface area (Å²) in [5.74, 6) is 0.508. The molecule has 0 aliphatic rings. The highest BCUT2D eigenvalue weighted by atomic mass is 32.2. The number of thioether (sulfide) groups is 1. The molecule has 3 N–H and O–H groups in total. The van der Waals surface area contributed by atoms with Gasteiger partial charge in [0.15, 0.2) is 22.5 Å². The van der Waals surface area contributed by atoms with Gasteiger partial charge in [0.2, 0.25) is 0 Å². The fourth-order valence-corrected chi connectivity index (χ4v) is 3.03. The number of benzene rings is 1. The molecular weight excluding hydrogens is 354 g/mol. The molecule has 0 amide bonds. The van der Waals surface area contributed by atoms with E-state index in [4.69, 9.17) is 14.8 Å². The number of hydrogen-bond acceptors (Lipinski definition) is 6. The second-order valence-electron chi connectivity index (χ2n) is 5.42. The molecule has 0 fully saturated rings. The third-order valence-corrected chi connectivity index (χ3v) is 4.50. The van der Waals surface area contributed by atoms with Crippen LogP contribution < -0.4 is 0 Å². The van der Waals surface area contributed by atoms with Crippen LogP contribution in [0.1, 0.15) is 5.56 Å². The molecule has 0 unspecified atom stereocenters. The summed E-state index contributed by atoms with van der Waals surface area (Å²) >= 11 is 1.05. The molecule has 0 aliphatic heterocycles. The Balaban J connectivity index is 1.60. The van der Waals surface area contributed by atoms with Crippen LogP contribution in [0.3, 0.4) is 0 Å². The van der Waals surface area contributed by atoms with Crippen LogP contribution in [0.2, 0.25) is 0 Å². The first-order chi connectivity index (χ1) is 12.6. The smallest absolute Gasteiger partial charge is 0.313 e. The van der Waals surface area contributed by atoms with Crippen molar-refractivity contribution < 1.29 is 14.3 Å². The lowest BCUT2D eigenvalue weighted by molar-refractivity contribution is -0.133. The van der Waals surface area contributed by atoms with E-state index < -0.39 is 5.97 Å². The van der Waals surface area contributed by atoms with Crippen LogP contribution in [0, 0.1) is 11.3 Å². The Labute approximate surface area is 150 Å². The summed E-state index contributed by atoms with van der Waals surface area (Å²) in [6.45, 7) is 0. The monoisotopic (exact) mass is 365 g/mol. The average Bonchev–Trinajstić information content (AvgIpc) is 3.36. The van der Waals surface area contributed by atoms with Gasteiger partial charge in [-0.15, -0.1) is 10.2 Å². The fourth-order valence-electron chi connectivity index (χ4n) is 2.50. The quantitative estimate of drug-likeness (QED) is 0.462. The zero-order valence-electron chi connectivity index (χ0n) is 13.2. The lowest BCUT2D eigenvalue weighted by Crippen LogP contribution is -1.97. The molecule has 4 aromatic rings. The molecule has 0 aliphatic carbocycles. The third kappa shape index (κ3) is 3.05. The molecule has 9 heteroatoms. The maximum atomic E-state index is 10.6. The van der Waals surface area contributed by atoms with E-state index in [1.54, 1.807) is 18.2 Å². The van der Waals surface area contributed by atoms with Crippen molar-refractivity contribution in [2.45, 2.75) is 5.16 Å². The third-order valence-electron chi connectivity index (χ3n) is 3.65. The molecule has 1 aromatic carbocycles. The molecule has 0 bridgehead atoms. The van der Waals surface area contributed by atoms with E-state index in [1.807, 2.05) is 18.2 Å². The van der Waals surface area contributed by atoms with Crippen LogP contribution in [-0.4, -0.2) is 37.0 Å². The number of aromatic nitrogens is 4. The molecule has 3 heterocycles. The highest BCUT2D eigenvalue weighted by Crippen LogP contribution is 2.29. The molecule has 128 valence electrons. The number of fused-ring (bicyclic) bond motifs is 1. The van der Waals surface area contributed by atoms with Gasteiger partial charge in [-0.1, -0.05) is 11.8 Å². The molecule has 0 atom stereocenters. The van der Waals surface area contributed by atoms with E-state index in [-0.39, 0.29) is 5.75 Å². The predicted octanol–water partition coefficient (Wildman–Crippen LogP) is 3.26. The van der Waals surface area contributed by atoms with Crippen molar-refractivity contribution in [3.8, 4) is 29.1 Å². The van der Waals surface area contributed by atoms with Gasteiger partial charge < -0.3 is 19.5 Å². The summed E-state index contributed by atoms with van der Waals surface area (Å²) in [5, 5.41) is 26.9. The number of furan rings is 1. The number of carboxylic acids is 1. The molecule has 8 nitrogen and oxygen atoms in total. The van der Waals surface area contributed by atoms with Crippen LogP contribution in [0.4, 0.5) is 0 Å². The summed E-state index contributed by atoms with van der Waals surface area (Å²) < 4.78 is 5.83. The fraction of sp³-hybridized carbons (Fsp3) is 0.0588. The largest absolute Gasteiger partial charge is 0.481 e. The zero-order valence-corrected chi connectivity index (χ0v) is 14.0. The van der Waals surface area contributed by atoms with Crippen LogP contribution in [0.25, 0.3) is 33.9 Å². The lowest BCUT2D eigenvalue weighted by atomic mass is 10.2. The second-order valence-corrected chi connectivity index (χ2v) is 6.39. The van der Waals surface area contributed by atoms with E-state index in [0.29, 0.717) is 28.1 Å². The molecule has 0 spiro atoms. The first kappa shape index (κ1) is 16.0. The Morgan fingerprint density at radius 2 is 2.04 bits per heavy atom. The number of H-pyrrole nitrogens is 2. The van der Waals surface area contributed by atoms with Crippen molar-refractivity contribution in [1.29, 1.82) is 5.26 Å². The van der Waals surface area contributed by atoms with Gasteiger partial charge in [-0.3, -0.25) is 4.79 Å². The first-order valence-corrected chi connectivity index (χ1v) is 8.51. The number of carboxylic acid groups (broad SMARTS) is 1. The highest BCUT2D eigenvalue weighted by molar-refractivity contribution is 7.99. The number of carbonyl (C=O) groups is 1. The Morgan fingerprint density at radius 3 is 2.85 bits per heavy atom. The number of aliphatic carboxylic acids is 1. The van der Waals surface area contributed by atoms with E-state index in [9.17, 15) is 4.79 Å². The number of rotatable bonds is 5. The number of nitriles is 1. The van der Waals surface area contributed by atoms with Gasteiger partial charge in [0.25, 0.3) is 0 Å². The maximum Gasteiger partial charge on any atom is 0.313 e. The Hall–Kier alpha value is -3.51. The first-order valence-electron chi connectivity index (χ1n) is 7.53. The van der Waals surface area contributed by atoms with Crippen molar-refractivity contribution in [1.82, 2.24) is 20.2 Å². The number of nitrogens with one attached hydrogen (secondary N) is 2. The minimum absolute atomic E-state index is 0.0994. The van der Waals surface area contributed by atoms with Crippen LogP contribution in [0.15, 0.2) is 46.0 Å². The number of hydrogen-bond donors (Lipinski definition) is 3. The zero-order chi connectivity index (χ0) is 18.1. The van der Waals surface area contributed by atoms with E-state index >= 15 is 0 Å². The normalized spacial score (nSPS) is 10.9. The van der Waals surface area contributed by atoms with Crippen molar-refractivity contribution in [2.75, 3.05) is 5.75 Å². The van der Waals surface area contributed by atoms with Gasteiger partial charge >= 0.3 is 5.97 Å².